The second kappa shape index (κ2) is 4.45. The lowest BCUT2D eigenvalue weighted by Gasteiger charge is -2.15. The number of nitrogens with two attached hydrogens (primary N) is 1. The van der Waals surface area contributed by atoms with Crippen LogP contribution in [0.15, 0.2) is 28.7 Å². The van der Waals surface area contributed by atoms with Crippen molar-refractivity contribution in [1.82, 2.24) is 0 Å². The van der Waals surface area contributed by atoms with E-state index in [1.54, 1.807) is 0 Å². The molecule has 1 saturated carbocycles. The number of amidine groups is 1. The third-order valence-electron chi connectivity index (χ3n) is 2.86. The lowest BCUT2D eigenvalue weighted by Crippen LogP contribution is -2.21. The fraction of sp³-hybridized carbons (Fsp3) is 0.417. The normalized spacial score (nSPS) is 16.8. The summed E-state index contributed by atoms with van der Waals surface area (Å²) in [5.41, 5.74) is 5.56. The first-order valence-corrected chi connectivity index (χ1v) is 6.10. The topological polar surface area (TPSA) is 59.1 Å². The third-order valence-corrected chi connectivity index (χ3v) is 3.36. The van der Waals surface area contributed by atoms with Gasteiger partial charge in [0.05, 0.1) is 12.4 Å². The van der Waals surface area contributed by atoms with E-state index in [4.69, 9.17) is 15.9 Å². The first-order valence-electron chi connectivity index (χ1n) is 5.31. The monoisotopic (exact) mass is 282 g/mol. The van der Waals surface area contributed by atoms with Crippen LogP contribution in [0.1, 0.15) is 19.3 Å². The van der Waals surface area contributed by atoms with Crippen LogP contribution in [0.25, 0.3) is 0 Å². The van der Waals surface area contributed by atoms with Gasteiger partial charge >= 0.3 is 0 Å². The molecule has 0 aliphatic heterocycles. The number of halogens is 1. The minimum Gasteiger partial charge on any atom is -0.493 e. The maximum Gasteiger partial charge on any atom is 0.120 e. The zero-order valence-electron chi connectivity index (χ0n) is 9.00. The molecule has 4 heteroatoms. The first kappa shape index (κ1) is 11.5. The molecule has 0 unspecified atom stereocenters. The van der Waals surface area contributed by atoms with Crippen LogP contribution < -0.4 is 10.5 Å². The van der Waals surface area contributed by atoms with E-state index >= 15 is 0 Å². The van der Waals surface area contributed by atoms with Crippen LogP contribution in [0, 0.1) is 10.8 Å². The van der Waals surface area contributed by atoms with Crippen LogP contribution in [-0.4, -0.2) is 12.4 Å². The van der Waals surface area contributed by atoms with Gasteiger partial charge in [-0.3, -0.25) is 5.41 Å². The maximum absolute atomic E-state index is 7.32. The lowest BCUT2D eigenvalue weighted by atomic mass is 10.0. The molecule has 0 aromatic heterocycles. The van der Waals surface area contributed by atoms with Crippen LogP contribution >= 0.6 is 15.9 Å². The van der Waals surface area contributed by atoms with E-state index in [0.29, 0.717) is 13.0 Å². The summed E-state index contributed by atoms with van der Waals surface area (Å²) >= 11 is 3.40. The quantitative estimate of drug-likeness (QED) is 0.644. The molecule has 1 aromatic carbocycles. The Kier molecular flexibility index (Phi) is 3.19. The van der Waals surface area contributed by atoms with E-state index in [9.17, 15) is 0 Å². The molecule has 3 nitrogen and oxygen atoms in total. The summed E-state index contributed by atoms with van der Waals surface area (Å²) in [6, 6.07) is 7.80. The Morgan fingerprint density at radius 3 is 2.81 bits per heavy atom. The molecule has 0 heterocycles. The fourth-order valence-electron chi connectivity index (χ4n) is 1.75. The third kappa shape index (κ3) is 2.98. The number of ether oxygens (including phenoxy) is 1. The molecule has 2 rings (SSSR count). The van der Waals surface area contributed by atoms with Crippen molar-refractivity contribution < 1.29 is 4.74 Å². The van der Waals surface area contributed by atoms with Crippen LogP contribution in [0.4, 0.5) is 0 Å². The number of hydrogen-bond donors (Lipinski definition) is 2. The maximum atomic E-state index is 7.32. The van der Waals surface area contributed by atoms with Crippen molar-refractivity contribution >= 4 is 21.8 Å². The molecular formula is C12H15BrN2O. The molecule has 0 spiro atoms. The number of nitrogens with one attached hydrogen (secondary N) is 1. The van der Waals surface area contributed by atoms with Gasteiger partial charge in [-0.05, 0) is 31.0 Å². The Bertz CT molecular complexity index is 402. The zero-order chi connectivity index (χ0) is 11.6. The highest BCUT2D eigenvalue weighted by molar-refractivity contribution is 9.10. The molecule has 1 aliphatic rings. The van der Waals surface area contributed by atoms with Crippen LogP contribution in [0.5, 0.6) is 5.75 Å². The van der Waals surface area contributed by atoms with Gasteiger partial charge in [-0.2, -0.15) is 0 Å². The second-order valence-electron chi connectivity index (χ2n) is 4.45. The minimum absolute atomic E-state index is 0.133. The smallest absolute Gasteiger partial charge is 0.120 e. The molecule has 1 aromatic rings. The van der Waals surface area contributed by atoms with Gasteiger partial charge in [0.15, 0.2) is 0 Å². The Morgan fingerprint density at radius 2 is 2.25 bits per heavy atom. The van der Waals surface area contributed by atoms with Gasteiger partial charge in [-0.15, -0.1) is 0 Å². The summed E-state index contributed by atoms with van der Waals surface area (Å²) in [7, 11) is 0. The summed E-state index contributed by atoms with van der Waals surface area (Å²) in [6.07, 6.45) is 2.88. The fourth-order valence-corrected chi connectivity index (χ4v) is 2.12. The highest BCUT2D eigenvalue weighted by Crippen LogP contribution is 2.48. The van der Waals surface area contributed by atoms with E-state index in [1.807, 2.05) is 24.3 Å². The first-order chi connectivity index (χ1) is 7.60. The Morgan fingerprint density at radius 1 is 1.50 bits per heavy atom. The van der Waals surface area contributed by atoms with Gasteiger partial charge in [0.2, 0.25) is 0 Å². The molecular weight excluding hydrogens is 268 g/mol. The van der Waals surface area contributed by atoms with Crippen molar-refractivity contribution in [2.75, 3.05) is 6.61 Å². The van der Waals surface area contributed by atoms with Crippen LogP contribution in [0.2, 0.25) is 0 Å². The van der Waals surface area contributed by atoms with E-state index < -0.39 is 0 Å². The van der Waals surface area contributed by atoms with Gasteiger partial charge in [0.25, 0.3) is 0 Å². The van der Waals surface area contributed by atoms with E-state index in [2.05, 4.69) is 15.9 Å². The molecule has 1 aliphatic carbocycles. The summed E-state index contributed by atoms with van der Waals surface area (Å²) in [5.74, 6) is 1.12. The Hall–Kier alpha value is -1.03. The molecule has 0 amide bonds. The van der Waals surface area contributed by atoms with Crippen molar-refractivity contribution in [3.63, 3.8) is 0 Å². The molecule has 0 atom stereocenters. The number of rotatable bonds is 5. The molecule has 1 fully saturated rings. The average molecular weight is 283 g/mol. The Labute approximate surface area is 104 Å². The summed E-state index contributed by atoms with van der Waals surface area (Å²) in [4.78, 5) is 0. The minimum atomic E-state index is 0.133. The predicted molar refractivity (Wildman–Crippen MR) is 67.8 cm³/mol. The van der Waals surface area contributed by atoms with E-state index in [-0.39, 0.29) is 11.3 Å². The van der Waals surface area contributed by atoms with Crippen LogP contribution in [-0.2, 0) is 0 Å². The van der Waals surface area contributed by atoms with Gasteiger partial charge in [-0.1, -0.05) is 22.0 Å². The van der Waals surface area contributed by atoms with Crippen molar-refractivity contribution in [2.45, 2.75) is 19.3 Å². The summed E-state index contributed by atoms with van der Waals surface area (Å²) in [6.45, 7) is 0.656. The molecule has 0 bridgehead atoms. The Balaban J connectivity index is 1.90. The highest BCUT2D eigenvalue weighted by Gasteiger charge is 2.43. The average Bonchev–Trinajstić information content (AvgIpc) is 2.95. The van der Waals surface area contributed by atoms with Crippen molar-refractivity contribution in [1.29, 1.82) is 5.41 Å². The SMILES string of the molecule is N=C(N)CC1(COc2cccc(Br)c2)CC1. The van der Waals surface area contributed by atoms with Crippen molar-refractivity contribution in [3.05, 3.63) is 28.7 Å². The molecule has 86 valence electrons. The molecule has 16 heavy (non-hydrogen) atoms. The summed E-state index contributed by atoms with van der Waals surface area (Å²) < 4.78 is 6.75. The van der Waals surface area contributed by atoms with Crippen molar-refractivity contribution in [2.24, 2.45) is 11.1 Å². The molecule has 0 radical (unpaired) electrons. The molecule has 3 N–H and O–H groups in total. The van der Waals surface area contributed by atoms with Gasteiger partial charge < -0.3 is 10.5 Å². The van der Waals surface area contributed by atoms with Crippen LogP contribution in [0.3, 0.4) is 0 Å². The van der Waals surface area contributed by atoms with Gasteiger partial charge in [0, 0.05) is 16.3 Å². The second-order valence-corrected chi connectivity index (χ2v) is 5.36. The zero-order valence-corrected chi connectivity index (χ0v) is 10.6. The van der Waals surface area contributed by atoms with E-state index in [1.165, 1.54) is 0 Å². The number of benzene rings is 1. The summed E-state index contributed by atoms with van der Waals surface area (Å²) in [5, 5.41) is 7.32. The van der Waals surface area contributed by atoms with Gasteiger partial charge in [-0.25, -0.2) is 0 Å². The predicted octanol–water partition coefficient (Wildman–Crippen LogP) is 2.93. The van der Waals surface area contributed by atoms with E-state index in [0.717, 1.165) is 23.1 Å². The number of hydrogen-bond acceptors (Lipinski definition) is 2. The van der Waals surface area contributed by atoms with Crippen molar-refractivity contribution in [3.8, 4) is 5.75 Å². The standard InChI is InChI=1S/C12H15BrN2O/c13-9-2-1-3-10(6-9)16-8-12(4-5-12)7-11(14)15/h1-3,6H,4-5,7-8H2,(H3,14,15). The lowest BCUT2D eigenvalue weighted by molar-refractivity contribution is 0.238. The van der Waals surface area contributed by atoms with Gasteiger partial charge in [0.1, 0.15) is 5.75 Å². The largest absolute Gasteiger partial charge is 0.493 e. The highest BCUT2D eigenvalue weighted by atomic mass is 79.9. The molecule has 0 saturated heterocycles.